The SMILES string of the molecule is CN(C(=O)CCSCC(N)=O)C(C)(C)CO. The summed E-state index contributed by atoms with van der Waals surface area (Å²) in [7, 11) is 1.66. The zero-order valence-electron chi connectivity index (χ0n) is 10.0. The Bertz CT molecular complexity index is 256. The van der Waals surface area contributed by atoms with Gasteiger partial charge in [0, 0.05) is 19.2 Å². The van der Waals surface area contributed by atoms with Crippen LogP contribution in [0.25, 0.3) is 0 Å². The molecular formula is C10H20N2O3S. The van der Waals surface area contributed by atoms with Crippen LogP contribution in [0.3, 0.4) is 0 Å². The molecule has 2 amide bonds. The van der Waals surface area contributed by atoms with E-state index in [9.17, 15) is 9.59 Å². The van der Waals surface area contributed by atoms with E-state index in [0.717, 1.165) is 0 Å². The van der Waals surface area contributed by atoms with Crippen molar-refractivity contribution in [1.29, 1.82) is 0 Å². The molecule has 94 valence electrons. The molecule has 3 N–H and O–H groups in total. The number of thioether (sulfide) groups is 1. The summed E-state index contributed by atoms with van der Waals surface area (Å²) in [6.45, 7) is 3.51. The molecule has 0 aromatic heterocycles. The molecule has 0 saturated heterocycles. The fourth-order valence-electron chi connectivity index (χ4n) is 0.944. The predicted octanol–water partition coefficient (Wildman–Crippen LogP) is -0.176. The Hall–Kier alpha value is -0.750. The number of nitrogens with zero attached hydrogens (tertiary/aromatic N) is 1. The summed E-state index contributed by atoms with van der Waals surface area (Å²) in [5.74, 6) is 0.381. The van der Waals surface area contributed by atoms with Gasteiger partial charge in [0.1, 0.15) is 0 Å². The molecule has 0 aliphatic heterocycles. The van der Waals surface area contributed by atoms with Crippen molar-refractivity contribution in [2.75, 3.05) is 25.2 Å². The maximum Gasteiger partial charge on any atom is 0.227 e. The number of aliphatic hydroxyl groups is 1. The van der Waals surface area contributed by atoms with Gasteiger partial charge in [-0.25, -0.2) is 0 Å². The number of amides is 2. The van der Waals surface area contributed by atoms with Crippen molar-refractivity contribution in [3.8, 4) is 0 Å². The van der Waals surface area contributed by atoms with E-state index >= 15 is 0 Å². The standard InChI is InChI=1S/C10H20N2O3S/c1-10(2,7-13)12(3)9(15)4-5-16-6-8(11)14/h13H,4-7H2,1-3H3,(H2,11,14). The van der Waals surface area contributed by atoms with Crippen LogP contribution in [0, 0.1) is 0 Å². The van der Waals surface area contributed by atoms with E-state index in [0.29, 0.717) is 12.2 Å². The van der Waals surface area contributed by atoms with Crippen molar-refractivity contribution in [1.82, 2.24) is 4.90 Å². The van der Waals surface area contributed by atoms with Crippen LogP contribution in [-0.2, 0) is 9.59 Å². The molecule has 16 heavy (non-hydrogen) atoms. The second-order valence-electron chi connectivity index (χ2n) is 4.19. The Morgan fingerprint density at radius 1 is 1.44 bits per heavy atom. The minimum Gasteiger partial charge on any atom is -0.394 e. The van der Waals surface area contributed by atoms with Gasteiger partial charge in [0.2, 0.25) is 11.8 Å². The topological polar surface area (TPSA) is 83.6 Å². The van der Waals surface area contributed by atoms with Gasteiger partial charge in [0.05, 0.1) is 17.9 Å². The minimum atomic E-state index is -0.550. The number of rotatable bonds is 7. The first kappa shape index (κ1) is 15.2. The van der Waals surface area contributed by atoms with Gasteiger partial charge in [0.15, 0.2) is 0 Å². The number of nitrogens with two attached hydrogens (primary N) is 1. The monoisotopic (exact) mass is 248 g/mol. The van der Waals surface area contributed by atoms with E-state index in [1.807, 2.05) is 0 Å². The maximum atomic E-state index is 11.7. The van der Waals surface area contributed by atoms with Crippen molar-refractivity contribution in [2.24, 2.45) is 5.73 Å². The van der Waals surface area contributed by atoms with Crippen LogP contribution in [0.15, 0.2) is 0 Å². The summed E-state index contributed by atoms with van der Waals surface area (Å²) in [4.78, 5) is 23.7. The van der Waals surface area contributed by atoms with E-state index in [-0.39, 0.29) is 24.2 Å². The lowest BCUT2D eigenvalue weighted by molar-refractivity contribution is -0.135. The molecule has 0 unspecified atom stereocenters. The fraction of sp³-hybridized carbons (Fsp3) is 0.800. The first-order chi connectivity index (χ1) is 7.31. The highest BCUT2D eigenvalue weighted by molar-refractivity contribution is 7.99. The largest absolute Gasteiger partial charge is 0.394 e. The Morgan fingerprint density at radius 3 is 2.44 bits per heavy atom. The lowest BCUT2D eigenvalue weighted by Crippen LogP contribution is -2.47. The summed E-state index contributed by atoms with van der Waals surface area (Å²) in [5, 5.41) is 9.10. The number of primary amides is 1. The van der Waals surface area contributed by atoms with Gasteiger partial charge in [-0.1, -0.05) is 0 Å². The van der Waals surface area contributed by atoms with E-state index in [1.54, 1.807) is 20.9 Å². The summed E-state index contributed by atoms with van der Waals surface area (Å²) in [6.07, 6.45) is 0.345. The van der Waals surface area contributed by atoms with Gasteiger partial charge >= 0.3 is 0 Å². The highest BCUT2D eigenvalue weighted by Gasteiger charge is 2.26. The van der Waals surface area contributed by atoms with Crippen molar-refractivity contribution in [3.05, 3.63) is 0 Å². The van der Waals surface area contributed by atoms with Gasteiger partial charge in [-0.3, -0.25) is 9.59 Å². The molecule has 0 radical (unpaired) electrons. The third-order valence-electron chi connectivity index (χ3n) is 2.37. The zero-order chi connectivity index (χ0) is 12.8. The zero-order valence-corrected chi connectivity index (χ0v) is 10.8. The molecule has 0 heterocycles. The predicted molar refractivity (Wildman–Crippen MR) is 65.1 cm³/mol. The molecule has 0 aliphatic rings. The van der Waals surface area contributed by atoms with Crippen LogP contribution < -0.4 is 5.73 Å². The number of hydrogen-bond acceptors (Lipinski definition) is 4. The average molecular weight is 248 g/mol. The molecule has 0 aromatic rings. The molecule has 0 spiro atoms. The third kappa shape index (κ3) is 5.37. The van der Waals surface area contributed by atoms with Gasteiger partial charge in [0.25, 0.3) is 0 Å². The number of hydrogen-bond donors (Lipinski definition) is 2. The van der Waals surface area contributed by atoms with Gasteiger partial charge in [-0.05, 0) is 13.8 Å². The normalized spacial score (nSPS) is 11.2. The van der Waals surface area contributed by atoms with Gasteiger partial charge in [-0.15, -0.1) is 0 Å². The van der Waals surface area contributed by atoms with Crippen molar-refractivity contribution in [2.45, 2.75) is 25.8 Å². The molecule has 0 aliphatic carbocycles. The molecule has 0 saturated carbocycles. The summed E-state index contributed by atoms with van der Waals surface area (Å²) < 4.78 is 0. The van der Waals surface area contributed by atoms with E-state index in [1.165, 1.54) is 16.7 Å². The Labute approximate surface area is 100 Å². The molecule has 0 fully saturated rings. The number of carbonyl (C=O) groups excluding carboxylic acids is 2. The fourth-order valence-corrected chi connectivity index (χ4v) is 1.61. The molecule has 0 aromatic carbocycles. The minimum absolute atomic E-state index is 0.0454. The highest BCUT2D eigenvalue weighted by Crippen LogP contribution is 2.13. The smallest absolute Gasteiger partial charge is 0.227 e. The first-order valence-corrected chi connectivity index (χ1v) is 6.20. The van der Waals surface area contributed by atoms with Crippen LogP contribution in [0.2, 0.25) is 0 Å². The lowest BCUT2D eigenvalue weighted by atomic mass is 10.1. The quantitative estimate of drug-likeness (QED) is 0.612. The molecular weight excluding hydrogens is 228 g/mol. The Kier molecular flexibility index (Phi) is 6.43. The second kappa shape index (κ2) is 6.75. The highest BCUT2D eigenvalue weighted by atomic mass is 32.2. The van der Waals surface area contributed by atoms with Crippen molar-refractivity contribution < 1.29 is 14.7 Å². The van der Waals surface area contributed by atoms with E-state index < -0.39 is 5.54 Å². The van der Waals surface area contributed by atoms with Gasteiger partial charge in [-0.2, -0.15) is 11.8 Å². The van der Waals surface area contributed by atoms with Crippen LogP contribution in [0.4, 0.5) is 0 Å². The Balaban J connectivity index is 3.93. The number of likely N-dealkylation sites (N-methyl/N-ethyl adjacent to an activating group) is 1. The average Bonchev–Trinajstić information content (AvgIpc) is 2.22. The van der Waals surface area contributed by atoms with Crippen molar-refractivity contribution in [3.63, 3.8) is 0 Å². The van der Waals surface area contributed by atoms with Gasteiger partial charge < -0.3 is 15.7 Å². The van der Waals surface area contributed by atoms with Crippen molar-refractivity contribution >= 4 is 23.6 Å². The summed E-state index contributed by atoms with van der Waals surface area (Å²) >= 11 is 1.34. The van der Waals surface area contributed by atoms with Crippen LogP contribution in [0.1, 0.15) is 20.3 Å². The third-order valence-corrected chi connectivity index (χ3v) is 3.36. The molecule has 0 rings (SSSR count). The lowest BCUT2D eigenvalue weighted by Gasteiger charge is -2.34. The molecule has 5 nitrogen and oxygen atoms in total. The summed E-state index contributed by atoms with van der Waals surface area (Å²) in [5.41, 5.74) is 4.42. The molecule has 0 atom stereocenters. The molecule has 0 bridgehead atoms. The summed E-state index contributed by atoms with van der Waals surface area (Å²) in [6, 6.07) is 0. The Morgan fingerprint density at radius 2 is 2.00 bits per heavy atom. The first-order valence-electron chi connectivity index (χ1n) is 5.05. The molecule has 6 heteroatoms. The second-order valence-corrected chi connectivity index (χ2v) is 5.30. The van der Waals surface area contributed by atoms with Crippen LogP contribution >= 0.6 is 11.8 Å². The van der Waals surface area contributed by atoms with Crippen LogP contribution in [-0.4, -0.2) is 52.5 Å². The number of aliphatic hydroxyl groups excluding tert-OH is 1. The maximum absolute atomic E-state index is 11.7. The van der Waals surface area contributed by atoms with Crippen LogP contribution in [0.5, 0.6) is 0 Å². The van der Waals surface area contributed by atoms with E-state index in [4.69, 9.17) is 10.8 Å². The van der Waals surface area contributed by atoms with E-state index in [2.05, 4.69) is 0 Å². The number of carbonyl (C=O) groups is 2.